The molecule has 0 aliphatic heterocycles. The molecule has 0 bridgehead atoms. The second-order valence-corrected chi connectivity index (χ2v) is 5.92. The molecule has 1 N–H and O–H groups in total. The van der Waals surface area contributed by atoms with Crippen molar-refractivity contribution in [3.8, 4) is 0 Å². The molecule has 0 fully saturated rings. The van der Waals surface area contributed by atoms with E-state index in [1.54, 1.807) is 11.3 Å². The Balaban J connectivity index is 2.41. The molecule has 0 saturated carbocycles. The van der Waals surface area contributed by atoms with Crippen LogP contribution in [0.1, 0.15) is 56.4 Å². The smallest absolute Gasteiger partial charge is 0.0561 e. The Hall–Kier alpha value is -0.310. The van der Waals surface area contributed by atoms with Gasteiger partial charge in [-0.25, -0.2) is 0 Å². The van der Waals surface area contributed by atoms with Crippen molar-refractivity contribution in [3.05, 3.63) is 34.0 Å². The minimum absolute atomic E-state index is 0.432. The minimum atomic E-state index is 0.432. The van der Waals surface area contributed by atoms with E-state index in [1.807, 2.05) is 12.1 Å². The topological polar surface area (TPSA) is 12.0 Å². The van der Waals surface area contributed by atoms with Crippen molar-refractivity contribution in [3.63, 3.8) is 0 Å². The molecule has 0 aromatic carbocycles. The van der Waals surface area contributed by atoms with Crippen LogP contribution in [0.3, 0.4) is 0 Å². The molecule has 0 amide bonds. The van der Waals surface area contributed by atoms with E-state index < -0.39 is 0 Å². The van der Waals surface area contributed by atoms with Gasteiger partial charge in [0.1, 0.15) is 0 Å². The monoisotopic (exact) mass is 285 g/mol. The first kappa shape index (κ1) is 15.7. The first-order valence-corrected chi connectivity index (χ1v) is 8.12. The van der Waals surface area contributed by atoms with Gasteiger partial charge in [0.2, 0.25) is 0 Å². The van der Waals surface area contributed by atoms with E-state index in [0.717, 1.165) is 24.4 Å². The molecular weight excluding hydrogens is 262 g/mol. The van der Waals surface area contributed by atoms with Gasteiger partial charge in [0.05, 0.1) is 5.02 Å². The van der Waals surface area contributed by atoms with Crippen molar-refractivity contribution in [2.75, 3.05) is 6.54 Å². The Labute approximate surface area is 120 Å². The lowest BCUT2D eigenvalue weighted by Crippen LogP contribution is -2.21. The van der Waals surface area contributed by atoms with Crippen molar-refractivity contribution in [1.82, 2.24) is 5.32 Å². The number of hydrogen-bond acceptors (Lipinski definition) is 2. The van der Waals surface area contributed by atoms with Crippen LogP contribution in [0.25, 0.3) is 0 Å². The quantitative estimate of drug-likeness (QED) is 0.437. The molecule has 1 unspecified atom stereocenters. The number of unbranched alkanes of at least 4 members (excludes halogenated alkanes) is 3. The van der Waals surface area contributed by atoms with E-state index in [2.05, 4.69) is 24.2 Å². The van der Waals surface area contributed by atoms with Gasteiger partial charge < -0.3 is 5.32 Å². The van der Waals surface area contributed by atoms with E-state index in [0.29, 0.717) is 6.04 Å². The van der Waals surface area contributed by atoms with Crippen LogP contribution in [0.5, 0.6) is 0 Å². The largest absolute Gasteiger partial charge is 0.309 e. The van der Waals surface area contributed by atoms with Crippen LogP contribution in [0.2, 0.25) is 5.02 Å². The summed E-state index contributed by atoms with van der Waals surface area (Å²) in [7, 11) is 0. The highest BCUT2D eigenvalue weighted by atomic mass is 35.5. The molecule has 1 atom stereocenters. The third kappa shape index (κ3) is 5.55. The molecule has 0 aliphatic rings. The van der Waals surface area contributed by atoms with Crippen LogP contribution in [0, 0.1) is 0 Å². The van der Waals surface area contributed by atoms with Crippen molar-refractivity contribution >= 4 is 22.9 Å². The summed E-state index contributed by atoms with van der Waals surface area (Å²) in [5.74, 6) is 0. The lowest BCUT2D eigenvalue weighted by atomic mass is 10.1. The molecule has 1 aromatic rings. The molecule has 1 rings (SSSR count). The Bertz CT molecular complexity index is 335. The van der Waals surface area contributed by atoms with Gasteiger partial charge in [-0.05, 0) is 43.7 Å². The minimum Gasteiger partial charge on any atom is -0.309 e. The predicted octanol–water partition coefficient (Wildman–Crippen LogP) is 5.58. The Morgan fingerprint density at radius 1 is 1.44 bits per heavy atom. The van der Waals surface area contributed by atoms with Crippen molar-refractivity contribution < 1.29 is 0 Å². The normalized spacial score (nSPS) is 12.6. The standard InChI is InChI=1S/C15H24ClNS/c1-3-5-6-7-8-9-14(17-11-4-2)15-13(16)10-12-18-15/h3,10,12,14,17H,1,4-9,11H2,2H3. The Kier molecular flexibility index (Phi) is 8.40. The molecule has 18 heavy (non-hydrogen) atoms. The zero-order valence-electron chi connectivity index (χ0n) is 11.3. The van der Waals surface area contributed by atoms with Gasteiger partial charge in [0.25, 0.3) is 0 Å². The van der Waals surface area contributed by atoms with Gasteiger partial charge in [-0.15, -0.1) is 17.9 Å². The molecule has 1 heterocycles. The fraction of sp³-hybridized carbons (Fsp3) is 0.600. The average Bonchev–Trinajstić information content (AvgIpc) is 2.79. The molecule has 1 nitrogen and oxygen atoms in total. The second kappa shape index (κ2) is 9.60. The van der Waals surface area contributed by atoms with Crippen LogP contribution in [-0.4, -0.2) is 6.54 Å². The predicted molar refractivity (Wildman–Crippen MR) is 83.6 cm³/mol. The maximum Gasteiger partial charge on any atom is 0.0561 e. The van der Waals surface area contributed by atoms with Crippen molar-refractivity contribution in [2.45, 2.75) is 51.5 Å². The van der Waals surface area contributed by atoms with E-state index in [9.17, 15) is 0 Å². The summed E-state index contributed by atoms with van der Waals surface area (Å²) >= 11 is 8.00. The highest BCUT2D eigenvalue weighted by Gasteiger charge is 2.14. The first-order chi connectivity index (χ1) is 8.79. The fourth-order valence-electron chi connectivity index (χ4n) is 2.01. The molecule has 102 valence electrons. The van der Waals surface area contributed by atoms with Crippen molar-refractivity contribution in [2.24, 2.45) is 0 Å². The van der Waals surface area contributed by atoms with Crippen LogP contribution in [-0.2, 0) is 0 Å². The summed E-state index contributed by atoms with van der Waals surface area (Å²) in [5.41, 5.74) is 0. The number of thiophene rings is 1. The molecule has 1 aromatic heterocycles. The van der Waals surface area contributed by atoms with Crippen LogP contribution >= 0.6 is 22.9 Å². The molecule has 3 heteroatoms. The van der Waals surface area contributed by atoms with E-state index in [4.69, 9.17) is 11.6 Å². The summed E-state index contributed by atoms with van der Waals surface area (Å²) in [6.07, 6.45) is 9.26. The summed E-state index contributed by atoms with van der Waals surface area (Å²) < 4.78 is 0. The molecular formula is C15H24ClNS. The van der Waals surface area contributed by atoms with Crippen LogP contribution in [0.4, 0.5) is 0 Å². The number of halogens is 1. The van der Waals surface area contributed by atoms with Gasteiger partial charge in [0, 0.05) is 10.9 Å². The molecule has 0 radical (unpaired) electrons. The van der Waals surface area contributed by atoms with E-state index in [1.165, 1.54) is 30.6 Å². The molecule has 0 spiro atoms. The Morgan fingerprint density at radius 3 is 2.89 bits per heavy atom. The number of nitrogens with one attached hydrogen (secondary N) is 1. The second-order valence-electron chi connectivity index (χ2n) is 4.57. The molecule has 0 saturated heterocycles. The zero-order valence-corrected chi connectivity index (χ0v) is 12.8. The summed E-state index contributed by atoms with van der Waals surface area (Å²) in [4.78, 5) is 1.30. The van der Waals surface area contributed by atoms with Gasteiger partial charge in [-0.3, -0.25) is 0 Å². The highest BCUT2D eigenvalue weighted by molar-refractivity contribution is 7.10. The van der Waals surface area contributed by atoms with Gasteiger partial charge >= 0.3 is 0 Å². The number of hydrogen-bond donors (Lipinski definition) is 1. The van der Waals surface area contributed by atoms with Crippen LogP contribution < -0.4 is 5.32 Å². The number of rotatable bonds is 10. The lowest BCUT2D eigenvalue weighted by Gasteiger charge is -2.17. The van der Waals surface area contributed by atoms with E-state index >= 15 is 0 Å². The third-order valence-corrected chi connectivity index (χ3v) is 4.48. The maximum atomic E-state index is 6.23. The number of allylic oxidation sites excluding steroid dienone is 1. The zero-order chi connectivity index (χ0) is 13.2. The van der Waals surface area contributed by atoms with Gasteiger partial charge in [-0.1, -0.05) is 37.4 Å². The Morgan fingerprint density at radius 2 is 2.28 bits per heavy atom. The van der Waals surface area contributed by atoms with Crippen molar-refractivity contribution in [1.29, 1.82) is 0 Å². The summed E-state index contributed by atoms with van der Waals surface area (Å²) in [6, 6.07) is 2.43. The first-order valence-electron chi connectivity index (χ1n) is 6.86. The fourth-order valence-corrected chi connectivity index (χ4v) is 3.31. The lowest BCUT2D eigenvalue weighted by molar-refractivity contribution is 0.478. The maximum absolute atomic E-state index is 6.23. The van der Waals surface area contributed by atoms with Gasteiger partial charge in [-0.2, -0.15) is 0 Å². The third-order valence-electron chi connectivity index (χ3n) is 3.00. The van der Waals surface area contributed by atoms with E-state index in [-0.39, 0.29) is 0 Å². The highest BCUT2D eigenvalue weighted by Crippen LogP contribution is 2.31. The SMILES string of the molecule is C=CCCCCCC(NCCC)c1sccc1Cl. The van der Waals surface area contributed by atoms with Gasteiger partial charge in [0.15, 0.2) is 0 Å². The summed E-state index contributed by atoms with van der Waals surface area (Å²) in [6.45, 7) is 7.02. The molecule has 0 aliphatic carbocycles. The average molecular weight is 286 g/mol. The van der Waals surface area contributed by atoms with Crippen LogP contribution in [0.15, 0.2) is 24.1 Å². The summed E-state index contributed by atoms with van der Waals surface area (Å²) in [5, 5.41) is 6.61.